The normalized spacial score (nSPS) is 12.3. The average molecular weight is 224 g/mol. The van der Waals surface area contributed by atoms with Crippen molar-refractivity contribution in [2.75, 3.05) is 7.11 Å². The van der Waals surface area contributed by atoms with Gasteiger partial charge in [-0.3, -0.25) is 0 Å². The van der Waals surface area contributed by atoms with Crippen LogP contribution in [-0.2, 0) is 0 Å². The highest BCUT2D eigenvalue weighted by atomic mass is 35.5. The molecule has 0 fully saturated rings. The molecular weight excluding hydrogens is 210 g/mol. The Balaban J connectivity index is 3.17. The number of hydrogen-bond acceptors (Lipinski definition) is 2. The summed E-state index contributed by atoms with van der Waals surface area (Å²) in [6, 6.07) is 7.63. The fraction of sp³-hybridized carbons (Fsp3) is 0.417. The van der Waals surface area contributed by atoms with Gasteiger partial charge in [0.2, 0.25) is 0 Å². The van der Waals surface area contributed by atoms with E-state index in [1.165, 1.54) is 0 Å². The summed E-state index contributed by atoms with van der Waals surface area (Å²) in [4.78, 5) is 0. The van der Waals surface area contributed by atoms with Crippen molar-refractivity contribution in [3.63, 3.8) is 0 Å². The number of benzene rings is 1. The minimum atomic E-state index is -0.589. The van der Waals surface area contributed by atoms with Gasteiger partial charge in [0.15, 0.2) is 0 Å². The lowest BCUT2D eigenvalue weighted by Gasteiger charge is -2.13. The first-order chi connectivity index (χ1) is 7.10. The highest BCUT2D eigenvalue weighted by molar-refractivity contribution is 6.22. The predicted molar refractivity (Wildman–Crippen MR) is 61.3 cm³/mol. The van der Waals surface area contributed by atoms with Crippen LogP contribution in [0.4, 0.5) is 0 Å². The lowest BCUT2D eigenvalue weighted by molar-refractivity contribution is 0.407. The zero-order chi connectivity index (χ0) is 11.4. The first kappa shape index (κ1) is 11.9. The molecule has 0 radical (unpaired) electrons. The summed E-state index contributed by atoms with van der Waals surface area (Å²) in [5.74, 6) is 1.19. The average Bonchev–Trinajstić information content (AvgIpc) is 2.27. The molecule has 0 N–H and O–H groups in total. The van der Waals surface area contributed by atoms with E-state index in [2.05, 4.69) is 13.8 Å². The molecule has 1 unspecified atom stereocenters. The summed E-state index contributed by atoms with van der Waals surface area (Å²) in [5.41, 5.74) is 1.90. The Morgan fingerprint density at radius 1 is 1.40 bits per heavy atom. The number of alkyl halides is 1. The summed E-state index contributed by atoms with van der Waals surface area (Å²) in [6.45, 7) is 4.16. The summed E-state index contributed by atoms with van der Waals surface area (Å²) in [5, 5.41) is 8.14. The van der Waals surface area contributed by atoms with Crippen LogP contribution in [0.15, 0.2) is 18.2 Å². The molecule has 0 heterocycles. The van der Waals surface area contributed by atoms with Gasteiger partial charge < -0.3 is 4.74 Å². The zero-order valence-electron chi connectivity index (χ0n) is 9.12. The molecule has 1 rings (SSSR count). The maximum absolute atomic E-state index is 8.73. The molecule has 1 aromatic carbocycles. The van der Waals surface area contributed by atoms with Crippen molar-refractivity contribution in [1.82, 2.24) is 0 Å². The summed E-state index contributed by atoms with van der Waals surface area (Å²) in [7, 11) is 1.64. The summed E-state index contributed by atoms with van der Waals surface area (Å²) in [6.07, 6.45) is 0. The topological polar surface area (TPSA) is 33.0 Å². The molecule has 0 amide bonds. The molecule has 0 aromatic heterocycles. The van der Waals surface area contributed by atoms with E-state index in [0.717, 1.165) is 16.9 Å². The van der Waals surface area contributed by atoms with Gasteiger partial charge in [0.25, 0.3) is 0 Å². The minimum absolute atomic E-state index is 0.349. The van der Waals surface area contributed by atoms with Gasteiger partial charge in [-0.25, -0.2) is 0 Å². The molecular formula is C12H14ClNO. The fourth-order valence-corrected chi connectivity index (χ4v) is 1.57. The lowest BCUT2D eigenvalue weighted by Crippen LogP contribution is -1.97. The van der Waals surface area contributed by atoms with Crippen molar-refractivity contribution >= 4 is 11.6 Å². The van der Waals surface area contributed by atoms with Gasteiger partial charge in [-0.1, -0.05) is 19.9 Å². The molecule has 0 bridgehead atoms. The highest BCUT2D eigenvalue weighted by Crippen LogP contribution is 2.30. The van der Waals surface area contributed by atoms with Crippen LogP contribution in [0.25, 0.3) is 0 Å². The molecule has 0 aliphatic rings. The Morgan fingerprint density at radius 2 is 2.07 bits per heavy atom. The summed E-state index contributed by atoms with van der Waals surface area (Å²) >= 11 is 5.86. The van der Waals surface area contributed by atoms with Gasteiger partial charge in [-0.2, -0.15) is 5.26 Å². The van der Waals surface area contributed by atoms with Gasteiger partial charge in [0.1, 0.15) is 11.1 Å². The molecule has 0 aliphatic carbocycles. The Bertz CT molecular complexity index is 382. The Labute approximate surface area is 95.4 Å². The number of hydrogen-bond donors (Lipinski definition) is 0. The van der Waals surface area contributed by atoms with E-state index in [1.54, 1.807) is 7.11 Å². The molecule has 1 atom stereocenters. The SMILES string of the molecule is COc1ccc(C(Cl)C#N)cc1C(C)C. The van der Waals surface area contributed by atoms with Crippen LogP contribution in [0.2, 0.25) is 0 Å². The quantitative estimate of drug-likeness (QED) is 0.734. The smallest absolute Gasteiger partial charge is 0.145 e. The minimum Gasteiger partial charge on any atom is -0.496 e. The molecule has 3 heteroatoms. The van der Waals surface area contributed by atoms with E-state index >= 15 is 0 Å². The highest BCUT2D eigenvalue weighted by Gasteiger charge is 2.12. The Morgan fingerprint density at radius 3 is 2.53 bits per heavy atom. The van der Waals surface area contributed by atoms with Crippen LogP contribution >= 0.6 is 11.6 Å². The molecule has 0 spiro atoms. The van der Waals surface area contributed by atoms with Crippen LogP contribution < -0.4 is 4.74 Å². The second-order valence-electron chi connectivity index (χ2n) is 3.65. The first-order valence-corrected chi connectivity index (χ1v) is 5.25. The van der Waals surface area contributed by atoms with Gasteiger partial charge >= 0.3 is 0 Å². The molecule has 1 aromatic rings. The lowest BCUT2D eigenvalue weighted by atomic mass is 9.98. The fourth-order valence-electron chi connectivity index (χ4n) is 1.44. The number of ether oxygens (including phenoxy) is 1. The van der Waals surface area contributed by atoms with Crippen LogP contribution in [0.3, 0.4) is 0 Å². The van der Waals surface area contributed by atoms with Crippen molar-refractivity contribution in [1.29, 1.82) is 5.26 Å². The van der Waals surface area contributed by atoms with Crippen molar-refractivity contribution in [2.45, 2.75) is 25.1 Å². The van der Waals surface area contributed by atoms with Gasteiger partial charge in [-0.05, 0) is 29.2 Å². The van der Waals surface area contributed by atoms with Crippen molar-refractivity contribution in [2.24, 2.45) is 0 Å². The maximum Gasteiger partial charge on any atom is 0.145 e. The van der Waals surface area contributed by atoms with Crippen LogP contribution in [0, 0.1) is 11.3 Å². The number of nitriles is 1. The molecule has 0 aliphatic heterocycles. The molecule has 0 saturated carbocycles. The van der Waals surface area contributed by atoms with Gasteiger partial charge in [0.05, 0.1) is 13.2 Å². The van der Waals surface area contributed by atoms with E-state index in [4.69, 9.17) is 21.6 Å². The van der Waals surface area contributed by atoms with E-state index < -0.39 is 5.38 Å². The molecule has 0 saturated heterocycles. The largest absolute Gasteiger partial charge is 0.496 e. The number of halogens is 1. The van der Waals surface area contributed by atoms with Crippen molar-refractivity contribution < 1.29 is 4.74 Å². The van der Waals surface area contributed by atoms with E-state index in [1.807, 2.05) is 24.3 Å². The second-order valence-corrected chi connectivity index (χ2v) is 4.08. The number of rotatable bonds is 3. The maximum atomic E-state index is 8.73. The third-order valence-corrected chi connectivity index (χ3v) is 2.63. The monoisotopic (exact) mass is 223 g/mol. The van der Waals surface area contributed by atoms with Crippen molar-refractivity contribution in [3.05, 3.63) is 29.3 Å². The first-order valence-electron chi connectivity index (χ1n) is 4.81. The third-order valence-electron chi connectivity index (χ3n) is 2.28. The Hall–Kier alpha value is -1.20. The Kier molecular flexibility index (Phi) is 3.99. The van der Waals surface area contributed by atoms with Gasteiger partial charge in [-0.15, -0.1) is 11.6 Å². The number of methoxy groups -OCH3 is 1. The third kappa shape index (κ3) is 2.64. The summed E-state index contributed by atoms with van der Waals surface area (Å²) < 4.78 is 5.25. The standard InChI is InChI=1S/C12H14ClNO/c1-8(2)10-6-9(11(13)7-14)4-5-12(10)15-3/h4-6,8,11H,1-3H3. The number of nitrogens with zero attached hydrogens (tertiary/aromatic N) is 1. The second kappa shape index (κ2) is 5.04. The molecule has 80 valence electrons. The van der Waals surface area contributed by atoms with Crippen LogP contribution in [0.5, 0.6) is 5.75 Å². The van der Waals surface area contributed by atoms with E-state index in [0.29, 0.717) is 5.92 Å². The molecule has 15 heavy (non-hydrogen) atoms. The molecule has 2 nitrogen and oxygen atoms in total. The predicted octanol–water partition coefficient (Wildman–Crippen LogP) is 3.62. The zero-order valence-corrected chi connectivity index (χ0v) is 9.88. The van der Waals surface area contributed by atoms with E-state index in [9.17, 15) is 0 Å². The van der Waals surface area contributed by atoms with Crippen molar-refractivity contribution in [3.8, 4) is 11.8 Å². The van der Waals surface area contributed by atoms with E-state index in [-0.39, 0.29) is 0 Å². The van der Waals surface area contributed by atoms with Crippen LogP contribution in [0.1, 0.15) is 36.3 Å². The van der Waals surface area contributed by atoms with Crippen LogP contribution in [-0.4, -0.2) is 7.11 Å². The van der Waals surface area contributed by atoms with Gasteiger partial charge in [0, 0.05) is 0 Å².